The van der Waals surface area contributed by atoms with Gasteiger partial charge in [-0.05, 0) is 67.6 Å². The van der Waals surface area contributed by atoms with Gasteiger partial charge in [-0.2, -0.15) is 5.10 Å². The van der Waals surface area contributed by atoms with Crippen molar-refractivity contribution < 1.29 is 23.1 Å². The van der Waals surface area contributed by atoms with Crippen LogP contribution in [0.1, 0.15) is 27.8 Å². The van der Waals surface area contributed by atoms with Crippen LogP contribution < -0.4 is 4.90 Å². The zero-order valence-electron chi connectivity index (χ0n) is 20.8. The van der Waals surface area contributed by atoms with Crippen LogP contribution in [0.4, 0.5) is 14.5 Å². The fourth-order valence-electron chi connectivity index (χ4n) is 4.49. The Hall–Kier alpha value is -4.53. The molecule has 9 heteroatoms. The number of anilines is 1. The Morgan fingerprint density at radius 3 is 2.18 bits per heavy atom. The molecular weight excluding hydrogens is 490 g/mol. The quantitative estimate of drug-likeness (QED) is 0.339. The van der Waals surface area contributed by atoms with Gasteiger partial charge in [0.05, 0.1) is 18.0 Å². The van der Waals surface area contributed by atoms with Crippen LogP contribution >= 0.6 is 0 Å². The number of rotatable bonds is 6. The van der Waals surface area contributed by atoms with Crippen molar-refractivity contribution in [2.24, 2.45) is 0 Å². The predicted molar refractivity (Wildman–Crippen MR) is 139 cm³/mol. The van der Waals surface area contributed by atoms with Gasteiger partial charge in [0, 0.05) is 43.0 Å². The summed E-state index contributed by atoms with van der Waals surface area (Å²) < 4.78 is 33.7. The lowest BCUT2D eigenvalue weighted by atomic mass is 10.1. The Balaban J connectivity index is 1.33. The van der Waals surface area contributed by atoms with E-state index in [0.717, 1.165) is 11.3 Å². The Morgan fingerprint density at radius 2 is 1.53 bits per heavy atom. The minimum absolute atomic E-state index is 0.161. The lowest BCUT2D eigenvalue weighted by Gasteiger charge is -2.36. The van der Waals surface area contributed by atoms with Gasteiger partial charge in [-0.25, -0.2) is 18.3 Å². The Kier molecular flexibility index (Phi) is 7.17. The van der Waals surface area contributed by atoms with Gasteiger partial charge < -0.3 is 14.5 Å². The highest BCUT2D eigenvalue weighted by Gasteiger charge is 2.23. The highest BCUT2D eigenvalue weighted by molar-refractivity contribution is 5.94. The van der Waals surface area contributed by atoms with E-state index in [9.17, 15) is 18.4 Å². The molecule has 1 amide bonds. The van der Waals surface area contributed by atoms with Gasteiger partial charge >= 0.3 is 5.97 Å². The summed E-state index contributed by atoms with van der Waals surface area (Å²) in [6.45, 7) is 4.29. The number of carbonyl (C=O) groups excluding carboxylic acids is 2. The highest BCUT2D eigenvalue weighted by Crippen LogP contribution is 2.28. The van der Waals surface area contributed by atoms with Crippen molar-refractivity contribution in [3.63, 3.8) is 0 Å². The molecule has 0 bridgehead atoms. The summed E-state index contributed by atoms with van der Waals surface area (Å²) in [6.07, 6.45) is 0. The van der Waals surface area contributed by atoms with E-state index in [-0.39, 0.29) is 24.0 Å². The molecule has 1 saturated heterocycles. The van der Waals surface area contributed by atoms with Crippen LogP contribution in [-0.2, 0) is 4.74 Å². The number of esters is 1. The average Bonchev–Trinajstić information content (AvgIpc) is 3.39. The third-order valence-electron chi connectivity index (χ3n) is 6.43. The lowest BCUT2D eigenvalue weighted by Crippen LogP contribution is -2.48. The molecule has 0 radical (unpaired) electrons. The first kappa shape index (κ1) is 25.1. The zero-order valence-corrected chi connectivity index (χ0v) is 20.8. The van der Waals surface area contributed by atoms with Crippen molar-refractivity contribution in [2.75, 3.05) is 37.7 Å². The standard InChI is InChI=1S/C29H26F2N4O3/c1-2-38-29(37)26-19-27(35(32-26)25-12-8-22(30)9-13-25)20-6-10-24(11-7-20)33-14-16-34(17-15-33)28(36)21-4-3-5-23(31)18-21/h3-13,18-19H,2,14-17H2,1H3. The first-order valence-corrected chi connectivity index (χ1v) is 12.4. The molecule has 0 N–H and O–H groups in total. The van der Waals surface area contributed by atoms with Gasteiger partial charge in [-0.3, -0.25) is 4.79 Å². The number of aromatic nitrogens is 2. The van der Waals surface area contributed by atoms with Gasteiger partial charge in [-0.15, -0.1) is 0 Å². The molecule has 2 heterocycles. The largest absolute Gasteiger partial charge is 0.461 e. The number of halogens is 2. The van der Waals surface area contributed by atoms with Crippen molar-refractivity contribution >= 4 is 17.6 Å². The number of piperazine rings is 1. The van der Waals surface area contributed by atoms with Crippen molar-refractivity contribution in [3.8, 4) is 16.9 Å². The van der Waals surface area contributed by atoms with E-state index in [0.29, 0.717) is 43.1 Å². The van der Waals surface area contributed by atoms with E-state index < -0.39 is 11.8 Å². The van der Waals surface area contributed by atoms with Gasteiger partial charge in [0.15, 0.2) is 5.69 Å². The summed E-state index contributed by atoms with van der Waals surface area (Å²) in [5, 5.41) is 4.42. The third-order valence-corrected chi connectivity index (χ3v) is 6.43. The molecule has 4 aromatic rings. The van der Waals surface area contributed by atoms with Crippen LogP contribution in [-0.4, -0.2) is 59.3 Å². The Morgan fingerprint density at radius 1 is 0.842 bits per heavy atom. The van der Waals surface area contributed by atoms with Crippen LogP contribution in [0.2, 0.25) is 0 Å². The van der Waals surface area contributed by atoms with Crippen molar-refractivity contribution in [1.29, 1.82) is 0 Å². The van der Waals surface area contributed by atoms with Crippen molar-refractivity contribution in [1.82, 2.24) is 14.7 Å². The second-order valence-electron chi connectivity index (χ2n) is 8.86. The first-order chi connectivity index (χ1) is 18.4. The molecule has 1 aliphatic heterocycles. The minimum atomic E-state index is -0.531. The summed E-state index contributed by atoms with van der Waals surface area (Å²) in [4.78, 5) is 29.0. The van der Waals surface area contributed by atoms with Crippen LogP contribution in [0.15, 0.2) is 78.9 Å². The fraction of sp³-hybridized carbons (Fsp3) is 0.207. The maximum absolute atomic E-state index is 13.5. The molecular formula is C29H26F2N4O3. The summed E-state index contributed by atoms with van der Waals surface area (Å²) in [6, 6.07) is 21.1. The highest BCUT2D eigenvalue weighted by atomic mass is 19.1. The number of hydrogen-bond donors (Lipinski definition) is 0. The normalized spacial score (nSPS) is 13.4. The Bertz CT molecular complexity index is 1440. The molecule has 194 valence electrons. The molecule has 0 atom stereocenters. The van der Waals surface area contributed by atoms with E-state index in [1.54, 1.807) is 40.8 Å². The van der Waals surface area contributed by atoms with Crippen LogP contribution in [0.5, 0.6) is 0 Å². The van der Waals surface area contributed by atoms with E-state index in [4.69, 9.17) is 4.74 Å². The molecule has 1 aliphatic rings. The smallest absolute Gasteiger partial charge is 0.358 e. The van der Waals surface area contributed by atoms with E-state index in [2.05, 4.69) is 10.00 Å². The SMILES string of the molecule is CCOC(=O)c1cc(-c2ccc(N3CCN(C(=O)c4cccc(F)c4)CC3)cc2)n(-c2ccc(F)cc2)n1. The molecule has 3 aromatic carbocycles. The molecule has 1 fully saturated rings. The third kappa shape index (κ3) is 5.27. The number of amides is 1. The van der Waals surface area contributed by atoms with Crippen molar-refractivity contribution in [3.05, 3.63) is 102 Å². The van der Waals surface area contributed by atoms with E-state index in [1.165, 1.54) is 30.3 Å². The second kappa shape index (κ2) is 10.8. The average molecular weight is 517 g/mol. The molecule has 0 aliphatic carbocycles. The topological polar surface area (TPSA) is 67.7 Å². The number of nitrogens with zero attached hydrogens (tertiary/aromatic N) is 4. The summed E-state index contributed by atoms with van der Waals surface area (Å²) in [5.41, 5.74) is 3.60. The Labute approximate surface area is 218 Å². The maximum Gasteiger partial charge on any atom is 0.358 e. The number of carbonyl (C=O) groups is 2. The van der Waals surface area contributed by atoms with Gasteiger partial charge in [0.2, 0.25) is 0 Å². The predicted octanol–water partition coefficient (Wildman–Crippen LogP) is 4.96. The first-order valence-electron chi connectivity index (χ1n) is 12.4. The fourth-order valence-corrected chi connectivity index (χ4v) is 4.49. The molecule has 5 rings (SSSR count). The molecule has 38 heavy (non-hydrogen) atoms. The second-order valence-corrected chi connectivity index (χ2v) is 8.86. The van der Waals surface area contributed by atoms with Gasteiger partial charge in [-0.1, -0.05) is 18.2 Å². The summed E-state index contributed by atoms with van der Waals surface area (Å²) >= 11 is 0. The van der Waals surface area contributed by atoms with Crippen LogP contribution in [0, 0.1) is 11.6 Å². The molecule has 0 saturated carbocycles. The molecule has 7 nitrogen and oxygen atoms in total. The van der Waals surface area contributed by atoms with E-state index >= 15 is 0 Å². The lowest BCUT2D eigenvalue weighted by molar-refractivity contribution is 0.0518. The van der Waals surface area contributed by atoms with Crippen molar-refractivity contribution in [2.45, 2.75) is 6.92 Å². The molecule has 0 unspecified atom stereocenters. The molecule has 1 aromatic heterocycles. The van der Waals surface area contributed by atoms with Gasteiger partial charge in [0.1, 0.15) is 11.6 Å². The minimum Gasteiger partial charge on any atom is -0.461 e. The van der Waals surface area contributed by atoms with Crippen LogP contribution in [0.3, 0.4) is 0 Å². The maximum atomic E-state index is 13.5. The number of benzene rings is 3. The molecule has 0 spiro atoms. The monoisotopic (exact) mass is 516 g/mol. The summed E-state index contributed by atoms with van der Waals surface area (Å²) in [7, 11) is 0. The van der Waals surface area contributed by atoms with Crippen LogP contribution in [0.25, 0.3) is 16.9 Å². The number of ether oxygens (including phenoxy) is 1. The summed E-state index contributed by atoms with van der Waals surface area (Å²) in [5.74, 6) is -1.50. The van der Waals surface area contributed by atoms with E-state index in [1.807, 2.05) is 24.3 Å². The van der Waals surface area contributed by atoms with Gasteiger partial charge in [0.25, 0.3) is 5.91 Å². The zero-order chi connectivity index (χ0) is 26.6. The number of hydrogen-bond acceptors (Lipinski definition) is 5.